The average molecular weight is 197 g/mol. The van der Waals surface area contributed by atoms with E-state index in [0.29, 0.717) is 6.04 Å². The second kappa shape index (κ2) is 4.22. The molecule has 1 aliphatic rings. The molecule has 0 saturated carbocycles. The van der Waals surface area contributed by atoms with Crippen molar-refractivity contribution in [1.82, 2.24) is 5.48 Å². The van der Waals surface area contributed by atoms with E-state index in [2.05, 4.69) is 16.9 Å². The lowest BCUT2D eigenvalue weighted by molar-refractivity contribution is 0.0199. The summed E-state index contributed by atoms with van der Waals surface area (Å²) < 4.78 is 0. The molecule has 13 heavy (non-hydrogen) atoms. The predicted molar refractivity (Wildman–Crippen MR) is 54.8 cm³/mol. The Morgan fingerprint density at radius 1 is 1.69 bits per heavy atom. The Morgan fingerprint density at radius 2 is 2.62 bits per heavy atom. The molecule has 1 N–H and O–H groups in total. The topological polar surface area (TPSA) is 21.3 Å². The molecule has 0 aliphatic heterocycles. The van der Waals surface area contributed by atoms with Crippen LogP contribution in [0.3, 0.4) is 0 Å². The van der Waals surface area contributed by atoms with Gasteiger partial charge < -0.3 is 4.84 Å². The number of thiophene rings is 1. The lowest BCUT2D eigenvalue weighted by Crippen LogP contribution is -2.24. The summed E-state index contributed by atoms with van der Waals surface area (Å²) in [6.07, 6.45) is 3.72. The highest BCUT2D eigenvalue weighted by molar-refractivity contribution is 7.10. The molecule has 1 aromatic heterocycles. The molecule has 3 heteroatoms. The summed E-state index contributed by atoms with van der Waals surface area (Å²) in [7, 11) is 0. The van der Waals surface area contributed by atoms with Crippen LogP contribution in [0.2, 0.25) is 0 Å². The first-order valence-electron chi connectivity index (χ1n) is 4.85. The summed E-state index contributed by atoms with van der Waals surface area (Å²) in [6.45, 7) is 2.74. The Hall–Kier alpha value is -0.380. The van der Waals surface area contributed by atoms with Crippen LogP contribution in [0.15, 0.2) is 11.4 Å². The maximum absolute atomic E-state index is 5.25. The van der Waals surface area contributed by atoms with E-state index < -0.39 is 0 Å². The zero-order valence-electron chi connectivity index (χ0n) is 7.88. The Labute approximate surface area is 82.9 Å². The highest BCUT2D eigenvalue weighted by Gasteiger charge is 2.20. The minimum atomic E-state index is 0.426. The van der Waals surface area contributed by atoms with Gasteiger partial charge in [-0.1, -0.05) is 0 Å². The predicted octanol–water partition coefficient (Wildman–Crippen LogP) is 2.67. The quantitative estimate of drug-likeness (QED) is 0.752. The second-order valence-corrected chi connectivity index (χ2v) is 4.30. The number of hydrogen-bond donors (Lipinski definition) is 1. The summed E-state index contributed by atoms with van der Waals surface area (Å²) in [5.41, 5.74) is 4.57. The van der Waals surface area contributed by atoms with Crippen LogP contribution in [0.4, 0.5) is 0 Å². The van der Waals surface area contributed by atoms with Crippen LogP contribution >= 0.6 is 11.3 Å². The SMILES string of the molecule is CCONC1CCCc2sccc21. The first kappa shape index (κ1) is 9.19. The highest BCUT2D eigenvalue weighted by atomic mass is 32.1. The molecule has 0 saturated heterocycles. The summed E-state index contributed by atoms with van der Waals surface area (Å²) >= 11 is 1.87. The third-order valence-electron chi connectivity index (χ3n) is 2.42. The second-order valence-electron chi connectivity index (χ2n) is 3.29. The van der Waals surface area contributed by atoms with Crippen molar-refractivity contribution < 1.29 is 4.84 Å². The van der Waals surface area contributed by atoms with E-state index in [-0.39, 0.29) is 0 Å². The van der Waals surface area contributed by atoms with Crippen molar-refractivity contribution in [3.63, 3.8) is 0 Å². The Kier molecular flexibility index (Phi) is 2.98. The minimum Gasteiger partial charge on any atom is -0.302 e. The third kappa shape index (κ3) is 1.93. The molecule has 0 fully saturated rings. The first-order chi connectivity index (χ1) is 6.42. The molecule has 72 valence electrons. The van der Waals surface area contributed by atoms with E-state index in [1.54, 1.807) is 0 Å². The lowest BCUT2D eigenvalue weighted by Gasteiger charge is -2.22. The zero-order valence-corrected chi connectivity index (χ0v) is 8.69. The molecule has 0 spiro atoms. The number of fused-ring (bicyclic) bond motifs is 1. The van der Waals surface area contributed by atoms with Gasteiger partial charge in [-0.3, -0.25) is 0 Å². The summed E-state index contributed by atoms with van der Waals surface area (Å²) in [4.78, 5) is 6.78. The van der Waals surface area contributed by atoms with Crippen LogP contribution in [-0.4, -0.2) is 6.61 Å². The molecule has 2 nitrogen and oxygen atoms in total. The van der Waals surface area contributed by atoms with Crippen LogP contribution in [-0.2, 0) is 11.3 Å². The van der Waals surface area contributed by atoms with Crippen LogP contribution < -0.4 is 5.48 Å². The normalized spacial score (nSPS) is 21.5. The van der Waals surface area contributed by atoms with Crippen molar-refractivity contribution in [2.24, 2.45) is 0 Å². The molecular weight excluding hydrogens is 182 g/mol. The molecule has 1 unspecified atom stereocenters. The molecule has 0 bridgehead atoms. The summed E-state index contributed by atoms with van der Waals surface area (Å²) in [5, 5.41) is 2.18. The van der Waals surface area contributed by atoms with Crippen molar-refractivity contribution in [3.05, 3.63) is 21.9 Å². The van der Waals surface area contributed by atoms with Gasteiger partial charge in [-0.2, -0.15) is 5.48 Å². The number of aryl methyl sites for hydroxylation is 1. The van der Waals surface area contributed by atoms with Crippen LogP contribution in [0.5, 0.6) is 0 Å². The number of hydrogen-bond acceptors (Lipinski definition) is 3. The van der Waals surface area contributed by atoms with Gasteiger partial charge in [0.2, 0.25) is 0 Å². The van der Waals surface area contributed by atoms with E-state index in [4.69, 9.17) is 4.84 Å². The fourth-order valence-corrected chi connectivity index (χ4v) is 2.78. The van der Waals surface area contributed by atoms with Crippen molar-refractivity contribution in [3.8, 4) is 0 Å². The first-order valence-corrected chi connectivity index (χ1v) is 5.73. The molecule has 1 atom stereocenters. The number of hydroxylamine groups is 1. The smallest absolute Gasteiger partial charge is 0.0654 e. The molecular formula is C10H15NOS. The van der Waals surface area contributed by atoms with Gasteiger partial charge in [0.05, 0.1) is 12.6 Å². The van der Waals surface area contributed by atoms with E-state index in [0.717, 1.165) is 6.61 Å². The van der Waals surface area contributed by atoms with Crippen molar-refractivity contribution in [2.75, 3.05) is 6.61 Å². The van der Waals surface area contributed by atoms with Gasteiger partial charge >= 0.3 is 0 Å². The number of rotatable bonds is 3. The Bertz CT molecular complexity index is 272. The van der Waals surface area contributed by atoms with Gasteiger partial charge in [0.15, 0.2) is 0 Å². The molecule has 2 rings (SSSR count). The van der Waals surface area contributed by atoms with Crippen molar-refractivity contribution in [2.45, 2.75) is 32.2 Å². The van der Waals surface area contributed by atoms with Gasteiger partial charge in [0.1, 0.15) is 0 Å². The van der Waals surface area contributed by atoms with Gasteiger partial charge in [-0.05, 0) is 43.2 Å². The molecule has 0 amide bonds. The van der Waals surface area contributed by atoms with Gasteiger partial charge in [-0.15, -0.1) is 11.3 Å². The zero-order chi connectivity index (χ0) is 9.10. The maximum atomic E-state index is 5.25. The van der Waals surface area contributed by atoms with Crippen LogP contribution in [0.1, 0.15) is 36.2 Å². The molecule has 0 radical (unpaired) electrons. The summed E-state index contributed by atoms with van der Waals surface area (Å²) in [6, 6.07) is 2.64. The number of nitrogens with one attached hydrogen (secondary N) is 1. The lowest BCUT2D eigenvalue weighted by atomic mass is 9.95. The average Bonchev–Trinajstić information content (AvgIpc) is 2.62. The van der Waals surface area contributed by atoms with Gasteiger partial charge in [0.25, 0.3) is 0 Å². The molecule has 1 heterocycles. The largest absolute Gasteiger partial charge is 0.302 e. The standard InChI is InChI=1S/C10H15NOS/c1-2-12-11-9-4-3-5-10-8(9)6-7-13-10/h6-7,9,11H,2-5H2,1H3. The van der Waals surface area contributed by atoms with E-state index >= 15 is 0 Å². The van der Waals surface area contributed by atoms with Gasteiger partial charge in [0, 0.05) is 4.88 Å². The molecule has 1 aliphatic carbocycles. The van der Waals surface area contributed by atoms with E-state index in [1.807, 2.05) is 18.3 Å². The molecule has 0 aromatic carbocycles. The van der Waals surface area contributed by atoms with Crippen LogP contribution in [0.25, 0.3) is 0 Å². The van der Waals surface area contributed by atoms with Crippen LogP contribution in [0, 0.1) is 0 Å². The third-order valence-corrected chi connectivity index (χ3v) is 3.42. The minimum absolute atomic E-state index is 0.426. The summed E-state index contributed by atoms with van der Waals surface area (Å²) in [5.74, 6) is 0. The fraction of sp³-hybridized carbons (Fsp3) is 0.600. The van der Waals surface area contributed by atoms with Crippen molar-refractivity contribution in [1.29, 1.82) is 0 Å². The van der Waals surface area contributed by atoms with E-state index in [9.17, 15) is 0 Å². The monoisotopic (exact) mass is 197 g/mol. The fourth-order valence-electron chi connectivity index (χ4n) is 1.79. The molecule has 1 aromatic rings. The Morgan fingerprint density at radius 3 is 3.46 bits per heavy atom. The van der Waals surface area contributed by atoms with Crippen molar-refractivity contribution >= 4 is 11.3 Å². The Balaban J connectivity index is 2.07. The maximum Gasteiger partial charge on any atom is 0.0654 e. The highest BCUT2D eigenvalue weighted by Crippen LogP contribution is 2.32. The van der Waals surface area contributed by atoms with E-state index in [1.165, 1.54) is 29.7 Å². The van der Waals surface area contributed by atoms with Gasteiger partial charge in [-0.25, -0.2) is 0 Å².